The molecule has 244 valence electrons. The van der Waals surface area contributed by atoms with Crippen LogP contribution < -0.4 is 0 Å². The fourth-order valence-corrected chi connectivity index (χ4v) is 6.28. The fraction of sp³-hybridized carbons (Fsp3) is 0.649. The summed E-state index contributed by atoms with van der Waals surface area (Å²) in [4.78, 5) is 38.8. The number of hydrogen-bond donors (Lipinski definition) is 0. The van der Waals surface area contributed by atoms with Gasteiger partial charge in [0.1, 0.15) is 29.3 Å². The lowest BCUT2D eigenvalue weighted by molar-refractivity contribution is -0.150. The molecular formula is C37H54O7. The normalized spacial score (nSPS) is 21.2. The number of esters is 3. The Bertz CT molecular complexity index is 1170. The molecule has 4 atom stereocenters. The molecule has 1 aromatic heterocycles. The molecule has 1 aromatic rings. The van der Waals surface area contributed by atoms with E-state index < -0.39 is 30.1 Å². The zero-order chi connectivity index (χ0) is 32.1. The van der Waals surface area contributed by atoms with Crippen LogP contribution in [0.25, 0.3) is 0 Å². The van der Waals surface area contributed by atoms with Gasteiger partial charge < -0.3 is 18.6 Å². The summed E-state index contributed by atoms with van der Waals surface area (Å²) < 4.78 is 23.0. The van der Waals surface area contributed by atoms with Crippen molar-refractivity contribution in [1.82, 2.24) is 0 Å². The molecule has 0 fully saturated rings. The standard InChI is InChI=1S/C37H54O7/c1-7-8-9-10-11-12-13-14-15-16-17-18-19-20-34(38)43-31-22-27(25(2)3)21-30-28(36(39)41-6)23-32(42-30)35(26(4)5)33-24-29(31)37(40)44-33/h23-24,27,31,33,35H,2,4,7-22H2,1,3,5-6H3/t27-,31+,33+,35-/m0/s1. The number of carbonyl (C=O) groups excluding carboxylic acids is 3. The quantitative estimate of drug-likeness (QED) is 0.0708. The average molecular weight is 611 g/mol. The van der Waals surface area contributed by atoms with Crippen molar-refractivity contribution in [2.24, 2.45) is 5.92 Å². The van der Waals surface area contributed by atoms with Gasteiger partial charge in [-0.1, -0.05) is 108 Å². The Morgan fingerprint density at radius 3 is 2.05 bits per heavy atom. The molecule has 7 nitrogen and oxygen atoms in total. The van der Waals surface area contributed by atoms with Gasteiger partial charge in [0.2, 0.25) is 0 Å². The number of ether oxygens (including phenoxy) is 3. The lowest BCUT2D eigenvalue weighted by atomic mass is 9.86. The predicted octanol–water partition coefficient (Wildman–Crippen LogP) is 9.11. The number of fused-ring (bicyclic) bond motifs is 3. The molecule has 0 spiro atoms. The summed E-state index contributed by atoms with van der Waals surface area (Å²) in [7, 11) is 1.33. The molecular weight excluding hydrogens is 556 g/mol. The van der Waals surface area contributed by atoms with E-state index in [-0.39, 0.29) is 11.9 Å². The predicted molar refractivity (Wildman–Crippen MR) is 172 cm³/mol. The highest BCUT2D eigenvalue weighted by molar-refractivity contribution is 5.93. The minimum atomic E-state index is -0.790. The molecule has 3 heterocycles. The molecule has 3 rings (SSSR count). The summed E-state index contributed by atoms with van der Waals surface area (Å²) in [5.41, 5.74) is 2.20. The van der Waals surface area contributed by atoms with Gasteiger partial charge in [0, 0.05) is 12.8 Å². The van der Waals surface area contributed by atoms with E-state index in [2.05, 4.69) is 20.1 Å². The van der Waals surface area contributed by atoms with Crippen molar-refractivity contribution < 1.29 is 33.0 Å². The molecule has 44 heavy (non-hydrogen) atoms. The van der Waals surface area contributed by atoms with E-state index >= 15 is 0 Å². The van der Waals surface area contributed by atoms with E-state index in [1.807, 2.05) is 13.8 Å². The van der Waals surface area contributed by atoms with Crippen LogP contribution in [0.15, 0.2) is 46.4 Å². The molecule has 0 N–H and O–H groups in total. The van der Waals surface area contributed by atoms with E-state index in [1.54, 1.807) is 12.1 Å². The largest absolute Gasteiger partial charge is 0.465 e. The SMILES string of the molecule is C=C(C)[C@H]1Cc2oc(cc2C(=O)OC)[C@H](C(=C)C)[C@H]2C=C(C(=O)O2)[C@H](OC(=O)CCCCCCCCCCCCCCC)C1. The second-order valence-corrected chi connectivity index (χ2v) is 12.7. The van der Waals surface area contributed by atoms with Crippen molar-refractivity contribution >= 4 is 17.9 Å². The van der Waals surface area contributed by atoms with Gasteiger partial charge in [-0.3, -0.25) is 4.79 Å². The van der Waals surface area contributed by atoms with Crippen LogP contribution in [-0.4, -0.2) is 37.2 Å². The number of furan rings is 1. The van der Waals surface area contributed by atoms with Gasteiger partial charge in [0.05, 0.1) is 18.6 Å². The minimum Gasteiger partial charge on any atom is -0.465 e. The summed E-state index contributed by atoms with van der Waals surface area (Å²) >= 11 is 0. The zero-order valence-electron chi connectivity index (χ0n) is 27.5. The Hall–Kier alpha value is -3.09. The number of methoxy groups -OCH3 is 1. The second-order valence-electron chi connectivity index (χ2n) is 12.7. The van der Waals surface area contributed by atoms with Crippen LogP contribution in [0.4, 0.5) is 0 Å². The van der Waals surface area contributed by atoms with Crippen molar-refractivity contribution in [2.45, 2.75) is 142 Å². The van der Waals surface area contributed by atoms with Crippen LogP contribution in [0, 0.1) is 5.92 Å². The van der Waals surface area contributed by atoms with Gasteiger partial charge in [-0.25, -0.2) is 9.59 Å². The maximum absolute atomic E-state index is 13.1. The summed E-state index contributed by atoms with van der Waals surface area (Å²) in [5.74, 6) is -1.12. The Labute approximate surface area is 264 Å². The van der Waals surface area contributed by atoms with Crippen LogP contribution in [-0.2, 0) is 30.2 Å². The summed E-state index contributed by atoms with van der Waals surface area (Å²) in [6.07, 6.45) is 17.2. The third-order valence-electron chi connectivity index (χ3n) is 8.95. The smallest absolute Gasteiger partial charge is 0.341 e. The van der Waals surface area contributed by atoms with Crippen LogP contribution in [0.3, 0.4) is 0 Å². The molecule has 0 aliphatic carbocycles. The topological polar surface area (TPSA) is 92.0 Å². The Morgan fingerprint density at radius 1 is 0.909 bits per heavy atom. The van der Waals surface area contributed by atoms with Gasteiger partial charge in [0.25, 0.3) is 0 Å². The number of unbranched alkanes of at least 4 members (excludes halogenated alkanes) is 12. The van der Waals surface area contributed by atoms with Crippen LogP contribution >= 0.6 is 0 Å². The Morgan fingerprint density at radius 2 is 1.50 bits per heavy atom. The first-order chi connectivity index (χ1) is 21.2. The average Bonchev–Trinajstić information content (AvgIpc) is 3.56. The molecule has 0 saturated carbocycles. The molecule has 0 aromatic carbocycles. The highest BCUT2D eigenvalue weighted by atomic mass is 16.6. The van der Waals surface area contributed by atoms with E-state index in [4.69, 9.17) is 18.6 Å². The van der Waals surface area contributed by atoms with E-state index in [1.165, 1.54) is 71.3 Å². The van der Waals surface area contributed by atoms with Gasteiger partial charge in [0.15, 0.2) is 0 Å². The first kappa shape index (κ1) is 35.4. The van der Waals surface area contributed by atoms with Crippen molar-refractivity contribution in [2.75, 3.05) is 7.11 Å². The summed E-state index contributed by atoms with van der Waals surface area (Å²) in [6.45, 7) is 14.2. The van der Waals surface area contributed by atoms with Gasteiger partial charge in [-0.2, -0.15) is 0 Å². The number of rotatable bonds is 18. The van der Waals surface area contributed by atoms with Gasteiger partial charge in [-0.15, -0.1) is 0 Å². The van der Waals surface area contributed by atoms with Crippen molar-refractivity contribution in [3.8, 4) is 0 Å². The number of hydrogen-bond acceptors (Lipinski definition) is 7. The van der Waals surface area contributed by atoms with E-state index in [0.717, 1.165) is 24.8 Å². The molecule has 7 heteroatoms. The molecule has 0 amide bonds. The van der Waals surface area contributed by atoms with Gasteiger partial charge >= 0.3 is 17.9 Å². The first-order valence-corrected chi connectivity index (χ1v) is 16.8. The highest BCUT2D eigenvalue weighted by Gasteiger charge is 2.41. The molecule has 0 radical (unpaired) electrons. The third-order valence-corrected chi connectivity index (χ3v) is 8.95. The molecule has 0 unspecified atom stereocenters. The first-order valence-electron chi connectivity index (χ1n) is 16.8. The van der Waals surface area contributed by atoms with Crippen LogP contribution in [0.5, 0.6) is 0 Å². The molecule has 2 aliphatic rings. The third kappa shape index (κ3) is 10.2. The van der Waals surface area contributed by atoms with Crippen LogP contribution in [0.1, 0.15) is 145 Å². The van der Waals surface area contributed by atoms with Crippen molar-refractivity contribution in [3.63, 3.8) is 0 Å². The van der Waals surface area contributed by atoms with Crippen molar-refractivity contribution in [1.29, 1.82) is 0 Å². The summed E-state index contributed by atoms with van der Waals surface area (Å²) in [6, 6.07) is 1.66. The highest BCUT2D eigenvalue weighted by Crippen LogP contribution is 2.40. The zero-order valence-corrected chi connectivity index (χ0v) is 27.5. The maximum atomic E-state index is 13.1. The van der Waals surface area contributed by atoms with Gasteiger partial charge in [-0.05, 0) is 44.7 Å². The molecule has 2 aliphatic heterocycles. The maximum Gasteiger partial charge on any atom is 0.341 e. The lowest BCUT2D eigenvalue weighted by Gasteiger charge is -2.24. The monoisotopic (exact) mass is 610 g/mol. The summed E-state index contributed by atoms with van der Waals surface area (Å²) in [5, 5.41) is 0. The fourth-order valence-electron chi connectivity index (χ4n) is 6.28. The van der Waals surface area contributed by atoms with E-state index in [0.29, 0.717) is 47.5 Å². The minimum absolute atomic E-state index is 0.222. The molecule has 4 bridgehead atoms. The lowest BCUT2D eigenvalue weighted by Crippen LogP contribution is -2.27. The number of allylic oxidation sites excluding steroid dienone is 1. The molecule has 0 saturated heterocycles. The van der Waals surface area contributed by atoms with Crippen molar-refractivity contribution in [3.05, 3.63) is 59.1 Å². The second kappa shape index (κ2) is 18.0. The van der Waals surface area contributed by atoms with Crippen LogP contribution in [0.2, 0.25) is 0 Å². The Balaban J connectivity index is 1.59. The van der Waals surface area contributed by atoms with E-state index in [9.17, 15) is 14.4 Å². The number of carbonyl (C=O) groups is 3. The Kier molecular flexibility index (Phi) is 14.5.